The van der Waals surface area contributed by atoms with Crippen molar-refractivity contribution in [3.63, 3.8) is 0 Å². The van der Waals surface area contributed by atoms with Gasteiger partial charge in [-0.2, -0.15) is 0 Å². The SMILES string of the molecule is CCSc1nc2sc3c(c2c(=O)n1-c1ccc(OC)cc1)CCN(CC)C3. The Morgan fingerprint density at radius 2 is 2.04 bits per heavy atom. The number of ether oxygens (including phenoxy) is 1. The molecule has 27 heavy (non-hydrogen) atoms. The lowest BCUT2D eigenvalue weighted by atomic mass is 10.1. The third kappa shape index (κ3) is 3.28. The zero-order valence-corrected chi connectivity index (χ0v) is 17.5. The van der Waals surface area contributed by atoms with E-state index in [0.717, 1.165) is 58.6 Å². The Balaban J connectivity index is 1.92. The molecule has 0 bridgehead atoms. The summed E-state index contributed by atoms with van der Waals surface area (Å²) in [5, 5.41) is 1.56. The molecule has 1 aromatic carbocycles. The molecule has 0 atom stereocenters. The predicted molar refractivity (Wildman–Crippen MR) is 113 cm³/mol. The van der Waals surface area contributed by atoms with Gasteiger partial charge in [-0.3, -0.25) is 14.3 Å². The zero-order chi connectivity index (χ0) is 19.0. The molecule has 0 N–H and O–H groups in total. The van der Waals surface area contributed by atoms with Crippen molar-refractivity contribution in [1.82, 2.24) is 14.5 Å². The molecule has 5 nitrogen and oxygen atoms in total. The molecule has 0 saturated heterocycles. The minimum absolute atomic E-state index is 0.0450. The molecule has 0 aliphatic carbocycles. The lowest BCUT2D eigenvalue weighted by molar-refractivity contribution is 0.272. The number of thiophene rings is 1. The van der Waals surface area contributed by atoms with E-state index in [2.05, 4.69) is 18.7 Å². The fraction of sp³-hybridized carbons (Fsp3) is 0.400. The highest BCUT2D eigenvalue weighted by atomic mass is 32.2. The van der Waals surface area contributed by atoms with Crippen LogP contribution in [-0.2, 0) is 13.0 Å². The average molecular weight is 402 g/mol. The molecule has 2 aromatic heterocycles. The molecule has 142 valence electrons. The van der Waals surface area contributed by atoms with E-state index in [1.807, 2.05) is 24.3 Å². The second-order valence-corrected chi connectivity index (χ2v) is 8.78. The monoisotopic (exact) mass is 401 g/mol. The molecular weight excluding hydrogens is 378 g/mol. The van der Waals surface area contributed by atoms with Gasteiger partial charge in [0.25, 0.3) is 5.56 Å². The molecule has 0 amide bonds. The highest BCUT2D eigenvalue weighted by Gasteiger charge is 2.25. The van der Waals surface area contributed by atoms with Crippen LogP contribution < -0.4 is 10.3 Å². The molecule has 1 aliphatic rings. The third-order valence-electron chi connectivity index (χ3n) is 4.97. The Kier molecular flexibility index (Phi) is 5.25. The van der Waals surface area contributed by atoms with Crippen LogP contribution in [0.3, 0.4) is 0 Å². The fourth-order valence-corrected chi connectivity index (χ4v) is 5.57. The van der Waals surface area contributed by atoms with Gasteiger partial charge in [-0.25, -0.2) is 4.98 Å². The van der Waals surface area contributed by atoms with E-state index in [4.69, 9.17) is 9.72 Å². The van der Waals surface area contributed by atoms with Gasteiger partial charge in [-0.05, 0) is 48.5 Å². The molecule has 7 heteroatoms. The Morgan fingerprint density at radius 3 is 2.70 bits per heavy atom. The van der Waals surface area contributed by atoms with E-state index in [0.29, 0.717) is 0 Å². The largest absolute Gasteiger partial charge is 0.497 e. The number of benzene rings is 1. The van der Waals surface area contributed by atoms with Gasteiger partial charge in [0.15, 0.2) is 5.16 Å². The van der Waals surface area contributed by atoms with Crippen LogP contribution in [0.15, 0.2) is 34.2 Å². The number of hydrogen-bond donors (Lipinski definition) is 0. The highest BCUT2D eigenvalue weighted by Crippen LogP contribution is 2.34. The number of hydrogen-bond acceptors (Lipinski definition) is 6. The Hall–Kier alpha value is -1.83. The van der Waals surface area contributed by atoms with Crippen molar-refractivity contribution >= 4 is 33.3 Å². The van der Waals surface area contributed by atoms with Crippen molar-refractivity contribution in [2.45, 2.75) is 32.0 Å². The lowest BCUT2D eigenvalue weighted by Crippen LogP contribution is -2.30. The summed E-state index contributed by atoms with van der Waals surface area (Å²) in [4.78, 5) is 23.0. The molecule has 0 radical (unpaired) electrons. The van der Waals surface area contributed by atoms with Gasteiger partial charge in [0.2, 0.25) is 0 Å². The van der Waals surface area contributed by atoms with Crippen LogP contribution in [0.4, 0.5) is 0 Å². The van der Waals surface area contributed by atoms with Crippen molar-refractivity contribution < 1.29 is 4.74 Å². The van der Waals surface area contributed by atoms with Crippen LogP contribution in [0, 0.1) is 0 Å². The molecule has 3 heterocycles. The highest BCUT2D eigenvalue weighted by molar-refractivity contribution is 7.99. The van der Waals surface area contributed by atoms with E-state index in [9.17, 15) is 4.79 Å². The normalized spacial score (nSPS) is 14.5. The summed E-state index contributed by atoms with van der Waals surface area (Å²) in [7, 11) is 1.64. The number of likely N-dealkylation sites (N-methyl/N-ethyl adjacent to an activating group) is 1. The molecular formula is C20H23N3O2S2. The smallest absolute Gasteiger partial charge is 0.267 e. The van der Waals surface area contributed by atoms with Gasteiger partial charge in [0, 0.05) is 18.0 Å². The summed E-state index contributed by atoms with van der Waals surface area (Å²) < 4.78 is 7.01. The zero-order valence-electron chi connectivity index (χ0n) is 15.8. The van der Waals surface area contributed by atoms with Crippen molar-refractivity contribution in [3.8, 4) is 11.4 Å². The molecule has 0 unspecified atom stereocenters. The minimum atomic E-state index is 0.0450. The lowest BCUT2D eigenvalue weighted by Gasteiger charge is -2.25. The average Bonchev–Trinajstić information content (AvgIpc) is 3.06. The third-order valence-corrected chi connectivity index (χ3v) is 6.91. The fourth-order valence-electron chi connectivity index (χ4n) is 3.53. The summed E-state index contributed by atoms with van der Waals surface area (Å²) >= 11 is 3.29. The molecule has 0 saturated carbocycles. The number of nitrogens with zero attached hydrogens (tertiary/aromatic N) is 3. The standard InChI is InChI=1S/C20H23N3O2S2/c1-4-22-11-10-15-16(12-22)27-18-17(15)19(24)23(20(21-18)26-5-2)13-6-8-14(25-3)9-7-13/h6-9H,4-5,10-12H2,1-3H3. The van der Waals surface area contributed by atoms with E-state index in [1.165, 1.54) is 10.4 Å². The number of rotatable bonds is 5. The van der Waals surface area contributed by atoms with Gasteiger partial charge in [0.1, 0.15) is 10.6 Å². The summed E-state index contributed by atoms with van der Waals surface area (Å²) in [5.74, 6) is 1.64. The second kappa shape index (κ2) is 7.66. The topological polar surface area (TPSA) is 47.4 Å². The summed E-state index contributed by atoms with van der Waals surface area (Å²) in [6.07, 6.45) is 0.920. The van der Waals surface area contributed by atoms with Crippen LogP contribution >= 0.6 is 23.1 Å². The summed E-state index contributed by atoms with van der Waals surface area (Å²) in [6, 6.07) is 7.61. The number of fused-ring (bicyclic) bond motifs is 3. The van der Waals surface area contributed by atoms with Crippen LogP contribution in [0.25, 0.3) is 15.9 Å². The first-order valence-corrected chi connectivity index (χ1v) is 11.0. The summed E-state index contributed by atoms with van der Waals surface area (Å²) in [6.45, 7) is 7.23. The van der Waals surface area contributed by atoms with Gasteiger partial charge in [-0.15, -0.1) is 11.3 Å². The van der Waals surface area contributed by atoms with E-state index < -0.39 is 0 Å². The predicted octanol–water partition coefficient (Wildman–Crippen LogP) is 3.95. The first-order chi connectivity index (χ1) is 13.2. The molecule has 3 aromatic rings. The van der Waals surface area contributed by atoms with Crippen molar-refractivity contribution in [1.29, 1.82) is 0 Å². The van der Waals surface area contributed by atoms with Gasteiger partial charge in [-0.1, -0.05) is 25.6 Å². The van der Waals surface area contributed by atoms with E-state index in [1.54, 1.807) is 34.8 Å². The number of thioether (sulfide) groups is 1. The first-order valence-electron chi connectivity index (χ1n) is 9.23. The maximum absolute atomic E-state index is 13.5. The Labute approximate surface area is 167 Å². The maximum atomic E-state index is 13.5. The van der Waals surface area contributed by atoms with Crippen LogP contribution in [0.5, 0.6) is 5.75 Å². The van der Waals surface area contributed by atoms with Gasteiger partial charge >= 0.3 is 0 Å². The van der Waals surface area contributed by atoms with Crippen LogP contribution in [0.1, 0.15) is 24.3 Å². The number of methoxy groups -OCH3 is 1. The second-order valence-electron chi connectivity index (χ2n) is 6.47. The van der Waals surface area contributed by atoms with E-state index >= 15 is 0 Å². The van der Waals surface area contributed by atoms with Gasteiger partial charge < -0.3 is 4.74 Å². The number of aromatic nitrogens is 2. The Morgan fingerprint density at radius 1 is 1.26 bits per heavy atom. The van der Waals surface area contributed by atoms with E-state index in [-0.39, 0.29) is 5.56 Å². The van der Waals surface area contributed by atoms with Crippen molar-refractivity contribution in [2.75, 3.05) is 26.0 Å². The van der Waals surface area contributed by atoms with Gasteiger partial charge in [0.05, 0.1) is 18.2 Å². The van der Waals surface area contributed by atoms with Crippen molar-refractivity contribution in [3.05, 3.63) is 45.1 Å². The first kappa shape index (κ1) is 18.5. The minimum Gasteiger partial charge on any atom is -0.497 e. The van der Waals surface area contributed by atoms with Crippen molar-refractivity contribution in [2.24, 2.45) is 0 Å². The molecule has 1 aliphatic heterocycles. The molecule has 0 fully saturated rings. The van der Waals surface area contributed by atoms with Crippen LogP contribution in [0.2, 0.25) is 0 Å². The molecule has 0 spiro atoms. The summed E-state index contributed by atoms with van der Waals surface area (Å²) in [5.41, 5.74) is 2.08. The quantitative estimate of drug-likeness (QED) is 0.479. The maximum Gasteiger partial charge on any atom is 0.267 e. The Bertz CT molecular complexity index is 1020. The van der Waals surface area contributed by atoms with Crippen LogP contribution in [-0.4, -0.2) is 40.4 Å². The molecule has 4 rings (SSSR count).